The average molecular weight is 121 g/mol. The molecule has 34 valence electrons. The van der Waals surface area contributed by atoms with Gasteiger partial charge in [0.2, 0.25) is 8.96 Å². The monoisotopic (exact) mass is 121 g/mol. The van der Waals surface area contributed by atoms with Crippen LogP contribution in [0, 0.1) is 0 Å². The van der Waals surface area contributed by atoms with Crippen LogP contribution in [0.2, 0.25) is 0 Å². The molecule has 0 aliphatic heterocycles. The van der Waals surface area contributed by atoms with Crippen molar-refractivity contribution in [2.45, 2.75) is 0 Å². The second-order valence-electron chi connectivity index (χ2n) is 0.515. The first-order valence-corrected chi connectivity index (χ1v) is 3.25. The maximum atomic E-state index is 9.34. The van der Waals surface area contributed by atoms with Crippen LogP contribution in [-0.2, 0) is 20.1 Å². The third kappa shape index (κ3) is 93.8. The number of hydrogen-bond donors (Lipinski definition) is 2. The molecule has 0 aromatic heterocycles. The molecule has 0 bridgehead atoms. The van der Waals surface area contributed by atoms with Gasteiger partial charge in [-0.3, -0.25) is 4.55 Å². The molecule has 6 heteroatoms. The number of hydrogen-bond acceptors (Lipinski definition) is 2. The zero-order chi connectivity index (χ0) is 4.50. The molecule has 1 atom stereocenters. The van der Waals surface area contributed by atoms with Crippen LogP contribution in [-0.4, -0.2) is 8.76 Å². The molecule has 1 unspecified atom stereocenters. The van der Waals surface area contributed by atoms with Gasteiger partial charge in [0.15, 0.2) is 0 Å². The van der Waals surface area contributed by atoms with Crippen molar-refractivity contribution < 1.29 is 29.0 Å². The molecule has 0 aliphatic rings. The number of nitrogens with two attached hydrogens (primary N) is 1. The van der Waals surface area contributed by atoms with E-state index in [0.29, 0.717) is 0 Å². The maximum Gasteiger partial charge on any atom is 1.00 e. The Balaban J connectivity index is -0.0000000800. The van der Waals surface area contributed by atoms with Gasteiger partial charge in [-0.25, -0.2) is 9.35 Å². The molecule has 0 spiro atoms. The van der Waals surface area contributed by atoms with Crippen LogP contribution in [0.25, 0.3) is 0 Å². The SMILES string of the molecule is NS(=O)(O)=S.[H-].[Li+]. The molecule has 3 N–H and O–H groups in total. The molecule has 0 rings (SSSR count). The normalized spacial score (nSPS) is 17.7. The minimum atomic E-state index is -3.33. The standard InChI is InChI=1S/Li.H3NO2S2.H/c;1-5(2,3)4;/h;(H3,1,2,3,4);/q+1;;-1. The Morgan fingerprint density at radius 2 is 2.00 bits per heavy atom. The summed E-state index contributed by atoms with van der Waals surface area (Å²) in [6, 6.07) is 0. The van der Waals surface area contributed by atoms with Gasteiger partial charge < -0.3 is 1.43 Å². The van der Waals surface area contributed by atoms with Crippen molar-refractivity contribution in [3.8, 4) is 0 Å². The van der Waals surface area contributed by atoms with Gasteiger partial charge in [-0.05, 0) is 0 Å². The Bertz CT molecular complexity index is 98.9. The van der Waals surface area contributed by atoms with Crippen LogP contribution < -0.4 is 24.0 Å². The van der Waals surface area contributed by atoms with Crippen LogP contribution in [0.1, 0.15) is 1.43 Å². The van der Waals surface area contributed by atoms with E-state index in [0.717, 1.165) is 0 Å². The summed E-state index contributed by atoms with van der Waals surface area (Å²) < 4.78 is 17.0. The summed E-state index contributed by atoms with van der Waals surface area (Å²) in [7, 11) is -3.33. The van der Waals surface area contributed by atoms with Crippen LogP contribution in [0.5, 0.6) is 0 Å². The summed E-state index contributed by atoms with van der Waals surface area (Å²) in [6.45, 7) is 0. The molecule has 0 saturated carbocycles. The fraction of sp³-hybridized carbons (Fsp3) is 0. The van der Waals surface area contributed by atoms with Gasteiger partial charge in [-0.2, -0.15) is 0 Å². The molecule has 6 heavy (non-hydrogen) atoms. The minimum absolute atomic E-state index is 0. The molecule has 0 amide bonds. The Kier molecular flexibility index (Phi) is 4.94. The van der Waals surface area contributed by atoms with Crippen molar-refractivity contribution in [2.24, 2.45) is 5.14 Å². The summed E-state index contributed by atoms with van der Waals surface area (Å²) in [6.07, 6.45) is 0. The molecule has 0 heterocycles. The van der Waals surface area contributed by atoms with E-state index in [9.17, 15) is 4.21 Å². The second-order valence-corrected chi connectivity index (χ2v) is 2.98. The Hall–Kier alpha value is 0.887. The first-order valence-electron chi connectivity index (χ1n) is 0.752. The Labute approximate surface area is 54.6 Å². The number of rotatable bonds is 0. The minimum Gasteiger partial charge on any atom is -1.00 e. The molecule has 0 aliphatic carbocycles. The summed E-state index contributed by atoms with van der Waals surface area (Å²) >= 11 is 3.69. The van der Waals surface area contributed by atoms with Gasteiger partial charge in [-0.15, -0.1) is 0 Å². The van der Waals surface area contributed by atoms with Gasteiger partial charge in [0, 0.05) is 11.2 Å². The van der Waals surface area contributed by atoms with Crippen molar-refractivity contribution in [1.82, 2.24) is 0 Å². The van der Waals surface area contributed by atoms with E-state index in [1.54, 1.807) is 0 Å². The quantitative estimate of drug-likeness (QED) is 0.323. The largest absolute Gasteiger partial charge is 1.00 e. The average Bonchev–Trinajstić information content (AvgIpc) is 0.722. The molecule has 0 aromatic rings. The Morgan fingerprint density at radius 1 is 2.00 bits per heavy atom. The topological polar surface area (TPSA) is 63.3 Å². The van der Waals surface area contributed by atoms with Crippen molar-refractivity contribution in [1.29, 1.82) is 0 Å². The van der Waals surface area contributed by atoms with E-state index in [2.05, 4.69) is 16.3 Å². The predicted octanol–water partition coefficient (Wildman–Crippen LogP) is -3.80. The molecule has 3 nitrogen and oxygen atoms in total. The molecule has 0 saturated heterocycles. The van der Waals surface area contributed by atoms with E-state index in [1.165, 1.54) is 0 Å². The van der Waals surface area contributed by atoms with Crippen molar-refractivity contribution in [3.63, 3.8) is 0 Å². The summed E-state index contributed by atoms with van der Waals surface area (Å²) in [5.41, 5.74) is 0. The van der Waals surface area contributed by atoms with E-state index < -0.39 is 8.96 Å². The zero-order valence-electron chi connectivity index (χ0n) is 4.25. The van der Waals surface area contributed by atoms with Crippen LogP contribution >= 0.6 is 0 Å². The Morgan fingerprint density at radius 3 is 2.00 bits per heavy atom. The van der Waals surface area contributed by atoms with Crippen LogP contribution in [0.4, 0.5) is 0 Å². The van der Waals surface area contributed by atoms with Gasteiger partial charge in [0.05, 0.1) is 0 Å². The van der Waals surface area contributed by atoms with E-state index in [1.807, 2.05) is 0 Å². The van der Waals surface area contributed by atoms with Gasteiger partial charge in [0.1, 0.15) is 0 Å². The summed E-state index contributed by atoms with van der Waals surface area (Å²) in [4.78, 5) is 0. The zero-order valence-corrected chi connectivity index (χ0v) is 4.88. The molecule has 0 aromatic carbocycles. The third-order valence-electron chi connectivity index (χ3n) is 0. The molecular weight excluding hydrogens is 117 g/mol. The van der Waals surface area contributed by atoms with Crippen molar-refractivity contribution >= 4 is 20.1 Å². The van der Waals surface area contributed by atoms with E-state index >= 15 is 0 Å². The molecular formula is H4LiNO2S2. The molecule has 0 fully saturated rings. The van der Waals surface area contributed by atoms with Gasteiger partial charge in [0.25, 0.3) is 0 Å². The maximum absolute atomic E-state index is 9.34. The summed E-state index contributed by atoms with van der Waals surface area (Å²) in [5, 5.41) is 4.25. The van der Waals surface area contributed by atoms with Crippen molar-refractivity contribution in [2.75, 3.05) is 0 Å². The molecule has 0 radical (unpaired) electrons. The van der Waals surface area contributed by atoms with E-state index in [-0.39, 0.29) is 20.3 Å². The van der Waals surface area contributed by atoms with Gasteiger partial charge in [-0.1, -0.05) is 0 Å². The van der Waals surface area contributed by atoms with E-state index in [4.69, 9.17) is 4.55 Å². The fourth-order valence-corrected chi connectivity index (χ4v) is 0. The first kappa shape index (κ1) is 9.99. The van der Waals surface area contributed by atoms with Gasteiger partial charge >= 0.3 is 18.9 Å². The fourth-order valence-electron chi connectivity index (χ4n) is 0. The predicted molar refractivity (Wildman–Crippen MR) is 23.4 cm³/mol. The third-order valence-corrected chi connectivity index (χ3v) is 0. The summed E-state index contributed by atoms with van der Waals surface area (Å²) in [5.74, 6) is 0. The van der Waals surface area contributed by atoms with Crippen LogP contribution in [0.3, 0.4) is 0 Å². The smallest absolute Gasteiger partial charge is 1.00 e. The van der Waals surface area contributed by atoms with Crippen molar-refractivity contribution in [3.05, 3.63) is 0 Å². The van der Waals surface area contributed by atoms with Crippen LogP contribution in [0.15, 0.2) is 0 Å². The first-order chi connectivity index (χ1) is 2.00. The second kappa shape index (κ2) is 2.96.